The summed E-state index contributed by atoms with van der Waals surface area (Å²) in [5.41, 5.74) is -0.0157. The number of nitrogens with zero attached hydrogens (tertiary/aromatic N) is 1. The molecule has 2 aliphatic heterocycles. The Bertz CT molecular complexity index is 640. The molecule has 1 amide bonds. The van der Waals surface area contributed by atoms with Gasteiger partial charge in [-0.2, -0.15) is 0 Å². The van der Waals surface area contributed by atoms with E-state index in [0.717, 1.165) is 11.8 Å². The molecule has 1 fully saturated rings. The smallest absolute Gasteiger partial charge is 0.431 e. The zero-order valence-corrected chi connectivity index (χ0v) is 17.0. The van der Waals surface area contributed by atoms with Crippen LogP contribution in [0.1, 0.15) is 27.7 Å². The lowest BCUT2D eigenvalue weighted by Gasteiger charge is -2.43. The summed E-state index contributed by atoms with van der Waals surface area (Å²) in [5, 5.41) is 9.32. The number of carbonyl (C=O) groups excluding carboxylic acids is 3. The van der Waals surface area contributed by atoms with Crippen molar-refractivity contribution < 1.29 is 38.1 Å². The summed E-state index contributed by atoms with van der Waals surface area (Å²) in [6, 6.07) is 0. The molecule has 0 aromatic rings. The van der Waals surface area contributed by atoms with Gasteiger partial charge in [-0.1, -0.05) is 11.8 Å². The zero-order valence-electron chi connectivity index (χ0n) is 15.3. The molecule has 1 N–H and O–H groups in total. The second kappa shape index (κ2) is 9.16. The highest BCUT2D eigenvalue weighted by atomic mass is 32.2. The standard InChI is InChI=1S/C16H22FNO7S2/c1-7(2)23-16(22)25-9(4)24-14(21)11-15(26-6-5-17)27-13-10(8(3)19)12(20)18(11)13/h7-10,13,19H,5-6H2,1-4H3/t8-,9?,10+,13-/m1/s1. The van der Waals surface area contributed by atoms with Gasteiger partial charge in [-0.05, 0) is 20.8 Å². The lowest BCUT2D eigenvalue weighted by atomic mass is 9.92. The van der Waals surface area contributed by atoms with E-state index in [1.807, 2.05) is 0 Å². The highest BCUT2D eigenvalue weighted by Gasteiger charge is 2.58. The Morgan fingerprint density at radius 1 is 1.26 bits per heavy atom. The molecule has 8 nitrogen and oxygen atoms in total. The van der Waals surface area contributed by atoms with Gasteiger partial charge in [0.05, 0.1) is 29.0 Å². The molecule has 1 unspecified atom stereocenters. The Morgan fingerprint density at radius 3 is 2.48 bits per heavy atom. The topological polar surface area (TPSA) is 102 Å². The van der Waals surface area contributed by atoms with Crippen LogP contribution in [0.15, 0.2) is 9.93 Å². The van der Waals surface area contributed by atoms with Crippen molar-refractivity contribution in [1.29, 1.82) is 0 Å². The Morgan fingerprint density at radius 2 is 1.93 bits per heavy atom. The number of thioether (sulfide) groups is 2. The predicted octanol–water partition coefficient (Wildman–Crippen LogP) is 2.22. The first-order valence-corrected chi connectivity index (χ1v) is 10.2. The van der Waals surface area contributed by atoms with Gasteiger partial charge < -0.3 is 19.3 Å². The van der Waals surface area contributed by atoms with Crippen LogP contribution in [-0.4, -0.2) is 64.3 Å². The van der Waals surface area contributed by atoms with Crippen molar-refractivity contribution in [3.63, 3.8) is 0 Å². The number of ether oxygens (including phenoxy) is 3. The van der Waals surface area contributed by atoms with Crippen molar-refractivity contribution in [2.75, 3.05) is 12.4 Å². The van der Waals surface area contributed by atoms with Gasteiger partial charge >= 0.3 is 12.1 Å². The van der Waals surface area contributed by atoms with Gasteiger partial charge in [-0.3, -0.25) is 14.1 Å². The number of carbonyl (C=O) groups is 3. The van der Waals surface area contributed by atoms with Gasteiger partial charge in [-0.25, -0.2) is 9.59 Å². The number of aliphatic hydroxyl groups is 1. The van der Waals surface area contributed by atoms with Crippen molar-refractivity contribution in [1.82, 2.24) is 4.90 Å². The molecule has 0 aliphatic carbocycles. The van der Waals surface area contributed by atoms with Crippen LogP contribution < -0.4 is 0 Å². The van der Waals surface area contributed by atoms with E-state index in [0.29, 0.717) is 4.24 Å². The zero-order chi connectivity index (χ0) is 20.3. The number of fused-ring (bicyclic) bond motifs is 1. The number of alkyl halides is 1. The number of hydrogen-bond donors (Lipinski definition) is 1. The Labute approximate surface area is 164 Å². The van der Waals surface area contributed by atoms with Crippen LogP contribution in [0, 0.1) is 5.92 Å². The Balaban J connectivity index is 2.08. The van der Waals surface area contributed by atoms with Crippen LogP contribution in [0.4, 0.5) is 9.18 Å². The Kier molecular flexibility index (Phi) is 7.40. The number of β-lactam (4-membered cyclic amide) rings is 1. The summed E-state index contributed by atoms with van der Waals surface area (Å²) in [7, 11) is 0. The maximum absolute atomic E-state index is 12.6. The third-order valence-corrected chi connectivity index (χ3v) is 6.25. The normalized spacial score (nSPS) is 23.7. The minimum atomic E-state index is -1.24. The molecule has 27 heavy (non-hydrogen) atoms. The summed E-state index contributed by atoms with van der Waals surface area (Å²) < 4.78 is 27.7. The third-order valence-electron chi connectivity index (χ3n) is 3.64. The average Bonchev–Trinajstić information content (AvgIpc) is 2.85. The minimum absolute atomic E-state index is 0.0157. The number of aliphatic hydroxyl groups excluding tert-OH is 1. The fourth-order valence-electron chi connectivity index (χ4n) is 2.56. The summed E-state index contributed by atoms with van der Waals surface area (Å²) >= 11 is 2.31. The number of rotatable bonds is 8. The van der Waals surface area contributed by atoms with Crippen molar-refractivity contribution in [3.05, 3.63) is 9.93 Å². The third kappa shape index (κ3) is 4.88. The van der Waals surface area contributed by atoms with Gasteiger partial charge in [0.2, 0.25) is 12.2 Å². The largest absolute Gasteiger partial charge is 0.511 e. The van der Waals surface area contributed by atoms with Crippen LogP contribution >= 0.6 is 23.5 Å². The van der Waals surface area contributed by atoms with E-state index in [4.69, 9.17) is 14.2 Å². The van der Waals surface area contributed by atoms with E-state index in [2.05, 4.69) is 0 Å². The van der Waals surface area contributed by atoms with Crippen LogP contribution in [0.5, 0.6) is 0 Å². The average molecular weight is 423 g/mol. The maximum atomic E-state index is 12.6. The number of halogens is 1. The molecular formula is C16H22FNO7S2. The van der Waals surface area contributed by atoms with E-state index >= 15 is 0 Å². The van der Waals surface area contributed by atoms with Gasteiger partial charge in [0.1, 0.15) is 5.37 Å². The van der Waals surface area contributed by atoms with Crippen LogP contribution in [0.3, 0.4) is 0 Å². The molecular weight excluding hydrogens is 401 g/mol. The highest BCUT2D eigenvalue weighted by Crippen LogP contribution is 2.53. The van der Waals surface area contributed by atoms with Crippen molar-refractivity contribution in [2.45, 2.75) is 51.6 Å². The van der Waals surface area contributed by atoms with E-state index < -0.39 is 54.5 Å². The van der Waals surface area contributed by atoms with Gasteiger partial charge in [0, 0.05) is 12.7 Å². The molecule has 2 heterocycles. The van der Waals surface area contributed by atoms with E-state index in [1.165, 1.54) is 30.5 Å². The van der Waals surface area contributed by atoms with Crippen molar-refractivity contribution in [3.8, 4) is 0 Å². The molecule has 2 aliphatic rings. The fourth-order valence-corrected chi connectivity index (χ4v) is 5.28. The molecule has 0 radical (unpaired) electrons. The lowest BCUT2D eigenvalue weighted by Crippen LogP contribution is -2.60. The Hall–Kier alpha value is -1.46. The second-order valence-electron chi connectivity index (χ2n) is 6.16. The summed E-state index contributed by atoms with van der Waals surface area (Å²) in [4.78, 5) is 37.6. The molecule has 0 aromatic carbocycles. The van der Waals surface area contributed by atoms with E-state index in [9.17, 15) is 23.9 Å². The summed E-state index contributed by atoms with van der Waals surface area (Å²) in [5.74, 6) is -1.80. The molecule has 0 saturated carbocycles. The first kappa shape index (κ1) is 21.8. The first-order valence-electron chi connectivity index (χ1n) is 8.36. The quantitative estimate of drug-likeness (QED) is 0.358. The first-order chi connectivity index (χ1) is 12.7. The molecule has 4 atom stereocenters. The van der Waals surface area contributed by atoms with Gasteiger partial charge in [-0.15, -0.1) is 11.8 Å². The second-order valence-corrected chi connectivity index (χ2v) is 8.65. The van der Waals surface area contributed by atoms with Crippen LogP contribution in [0.2, 0.25) is 0 Å². The van der Waals surface area contributed by atoms with Gasteiger partial charge in [0.25, 0.3) is 0 Å². The van der Waals surface area contributed by atoms with E-state index in [-0.39, 0.29) is 11.4 Å². The summed E-state index contributed by atoms with van der Waals surface area (Å²) in [6.07, 6.45) is -3.49. The van der Waals surface area contributed by atoms with Crippen molar-refractivity contribution in [2.24, 2.45) is 5.92 Å². The summed E-state index contributed by atoms with van der Waals surface area (Å²) in [6.45, 7) is 5.52. The highest BCUT2D eigenvalue weighted by molar-refractivity contribution is 8.22. The fraction of sp³-hybridized carbons (Fsp3) is 0.688. The molecule has 0 bridgehead atoms. The number of hydrogen-bond acceptors (Lipinski definition) is 9. The molecule has 11 heteroatoms. The number of amides is 1. The van der Waals surface area contributed by atoms with Gasteiger partial charge in [0.15, 0.2) is 5.70 Å². The SMILES string of the molecule is CC(C)OC(=O)OC(C)OC(=O)C1=C(SCCF)S[C@@H]2[C@@H]([C@@H](C)O)C(=O)N12. The number of esters is 1. The molecule has 2 rings (SSSR count). The van der Waals surface area contributed by atoms with E-state index in [1.54, 1.807) is 13.8 Å². The molecule has 152 valence electrons. The minimum Gasteiger partial charge on any atom is -0.431 e. The lowest BCUT2D eigenvalue weighted by molar-refractivity contribution is -0.171. The molecule has 1 saturated heterocycles. The predicted molar refractivity (Wildman–Crippen MR) is 97.1 cm³/mol. The van der Waals surface area contributed by atoms with Crippen molar-refractivity contribution >= 4 is 41.6 Å². The maximum Gasteiger partial charge on any atom is 0.511 e. The molecule has 0 aromatic heterocycles. The van der Waals surface area contributed by atoms with Crippen LogP contribution in [0.25, 0.3) is 0 Å². The van der Waals surface area contributed by atoms with Crippen LogP contribution in [-0.2, 0) is 23.8 Å². The molecule has 0 spiro atoms. The monoisotopic (exact) mass is 423 g/mol.